The van der Waals surface area contributed by atoms with E-state index in [9.17, 15) is 0 Å². The zero-order valence-electron chi connectivity index (χ0n) is 8.28. The molecule has 1 atom stereocenters. The normalized spacial score (nSPS) is 34.2. The van der Waals surface area contributed by atoms with E-state index in [1.165, 1.54) is 19.3 Å². The maximum atomic E-state index is 2.37. The molecule has 0 aromatic rings. The maximum absolute atomic E-state index is 2.37. The molecule has 0 N–H and O–H groups in total. The second-order valence-electron chi connectivity index (χ2n) is 4.42. The first-order valence-corrected chi connectivity index (χ1v) is 4.74. The van der Waals surface area contributed by atoms with Gasteiger partial charge >= 0.3 is 0 Å². The van der Waals surface area contributed by atoms with Gasteiger partial charge in [-0.3, -0.25) is 0 Å². The molecule has 0 spiro atoms. The van der Waals surface area contributed by atoms with Crippen molar-refractivity contribution in [2.24, 2.45) is 11.3 Å². The predicted molar refractivity (Wildman–Crippen MR) is 50.6 cm³/mol. The standard InChI is InChI=1S/C11H20/c1-5-10-9(2)7-6-8-11(10,3)4/h5,9H,6-8H2,1-4H3/b10-5-. The second kappa shape index (κ2) is 3.00. The van der Waals surface area contributed by atoms with E-state index in [1.807, 2.05) is 0 Å². The number of rotatable bonds is 0. The van der Waals surface area contributed by atoms with Gasteiger partial charge in [0.05, 0.1) is 0 Å². The minimum atomic E-state index is 0.479. The van der Waals surface area contributed by atoms with E-state index in [0.717, 1.165) is 5.92 Å². The van der Waals surface area contributed by atoms with Gasteiger partial charge in [-0.1, -0.05) is 38.8 Å². The third kappa shape index (κ3) is 1.66. The summed E-state index contributed by atoms with van der Waals surface area (Å²) in [6.45, 7) is 9.28. The van der Waals surface area contributed by atoms with Gasteiger partial charge in [0.25, 0.3) is 0 Å². The SMILES string of the molecule is C/C=C1/C(C)CCCC1(C)C. The Morgan fingerprint density at radius 2 is 2.09 bits per heavy atom. The van der Waals surface area contributed by atoms with E-state index in [2.05, 4.69) is 33.8 Å². The van der Waals surface area contributed by atoms with Gasteiger partial charge in [-0.2, -0.15) is 0 Å². The van der Waals surface area contributed by atoms with Crippen LogP contribution in [0.15, 0.2) is 11.6 Å². The van der Waals surface area contributed by atoms with Crippen molar-refractivity contribution in [3.8, 4) is 0 Å². The van der Waals surface area contributed by atoms with E-state index in [4.69, 9.17) is 0 Å². The van der Waals surface area contributed by atoms with Crippen LogP contribution in [0.1, 0.15) is 47.0 Å². The van der Waals surface area contributed by atoms with Crippen LogP contribution in [-0.2, 0) is 0 Å². The van der Waals surface area contributed by atoms with Gasteiger partial charge in [0.2, 0.25) is 0 Å². The Kier molecular flexibility index (Phi) is 2.41. The lowest BCUT2D eigenvalue weighted by Crippen LogP contribution is -2.24. The molecule has 1 aliphatic carbocycles. The van der Waals surface area contributed by atoms with E-state index in [0.29, 0.717) is 5.41 Å². The van der Waals surface area contributed by atoms with Crippen molar-refractivity contribution in [1.82, 2.24) is 0 Å². The lowest BCUT2D eigenvalue weighted by Gasteiger charge is -2.37. The van der Waals surface area contributed by atoms with Gasteiger partial charge < -0.3 is 0 Å². The van der Waals surface area contributed by atoms with Crippen LogP contribution in [0.25, 0.3) is 0 Å². The summed E-state index contributed by atoms with van der Waals surface area (Å²) in [4.78, 5) is 0. The van der Waals surface area contributed by atoms with Crippen LogP contribution in [0.4, 0.5) is 0 Å². The Balaban J connectivity index is 2.82. The quantitative estimate of drug-likeness (QED) is 0.463. The third-order valence-corrected chi connectivity index (χ3v) is 3.06. The predicted octanol–water partition coefficient (Wildman–Crippen LogP) is 3.78. The molecule has 0 aliphatic heterocycles. The summed E-state index contributed by atoms with van der Waals surface area (Å²) in [5, 5.41) is 0. The van der Waals surface area contributed by atoms with E-state index >= 15 is 0 Å². The van der Waals surface area contributed by atoms with Crippen molar-refractivity contribution in [2.45, 2.75) is 47.0 Å². The molecule has 0 bridgehead atoms. The van der Waals surface area contributed by atoms with Crippen LogP contribution < -0.4 is 0 Å². The second-order valence-corrected chi connectivity index (χ2v) is 4.42. The first kappa shape index (κ1) is 8.83. The number of allylic oxidation sites excluding steroid dienone is 2. The molecule has 11 heavy (non-hydrogen) atoms. The minimum Gasteiger partial charge on any atom is -0.0876 e. The van der Waals surface area contributed by atoms with Crippen LogP contribution in [0, 0.1) is 11.3 Å². The summed E-state index contributed by atoms with van der Waals surface area (Å²) >= 11 is 0. The summed E-state index contributed by atoms with van der Waals surface area (Å²) in [6.07, 6.45) is 6.50. The Bertz CT molecular complexity index is 163. The maximum Gasteiger partial charge on any atom is -0.0142 e. The van der Waals surface area contributed by atoms with Gasteiger partial charge in [0.1, 0.15) is 0 Å². The largest absolute Gasteiger partial charge is 0.0876 e. The van der Waals surface area contributed by atoms with E-state index in [1.54, 1.807) is 5.57 Å². The van der Waals surface area contributed by atoms with Crippen molar-refractivity contribution < 1.29 is 0 Å². The van der Waals surface area contributed by atoms with Gasteiger partial charge in [-0.15, -0.1) is 0 Å². The fraction of sp³-hybridized carbons (Fsp3) is 0.818. The molecule has 0 saturated heterocycles. The minimum absolute atomic E-state index is 0.479. The Morgan fingerprint density at radius 1 is 1.45 bits per heavy atom. The van der Waals surface area contributed by atoms with Gasteiger partial charge in [-0.05, 0) is 31.1 Å². The fourth-order valence-electron chi connectivity index (χ4n) is 2.49. The summed E-state index contributed by atoms with van der Waals surface area (Å²) in [5.74, 6) is 0.823. The van der Waals surface area contributed by atoms with Crippen LogP contribution in [0.3, 0.4) is 0 Å². The van der Waals surface area contributed by atoms with Crippen molar-refractivity contribution in [3.63, 3.8) is 0 Å². The fourth-order valence-corrected chi connectivity index (χ4v) is 2.49. The first-order chi connectivity index (χ1) is 5.08. The summed E-state index contributed by atoms with van der Waals surface area (Å²) in [6, 6.07) is 0. The molecular weight excluding hydrogens is 132 g/mol. The van der Waals surface area contributed by atoms with Crippen molar-refractivity contribution >= 4 is 0 Å². The van der Waals surface area contributed by atoms with Crippen LogP contribution in [-0.4, -0.2) is 0 Å². The molecule has 0 heteroatoms. The molecule has 1 fully saturated rings. The van der Waals surface area contributed by atoms with Crippen LogP contribution in [0.2, 0.25) is 0 Å². The van der Waals surface area contributed by atoms with Gasteiger partial charge in [0.15, 0.2) is 0 Å². The topological polar surface area (TPSA) is 0 Å². The van der Waals surface area contributed by atoms with Crippen molar-refractivity contribution in [3.05, 3.63) is 11.6 Å². The molecule has 1 aliphatic rings. The van der Waals surface area contributed by atoms with E-state index < -0.39 is 0 Å². The average Bonchev–Trinajstić information content (AvgIpc) is 1.86. The molecule has 0 radical (unpaired) electrons. The Hall–Kier alpha value is -0.260. The zero-order chi connectivity index (χ0) is 8.48. The Labute approximate surface area is 70.7 Å². The van der Waals surface area contributed by atoms with Crippen molar-refractivity contribution in [1.29, 1.82) is 0 Å². The first-order valence-electron chi connectivity index (χ1n) is 4.74. The molecule has 0 aromatic carbocycles. The molecule has 64 valence electrons. The summed E-state index contributed by atoms with van der Waals surface area (Å²) in [5.41, 5.74) is 2.15. The molecule has 0 heterocycles. The lowest BCUT2D eigenvalue weighted by molar-refractivity contribution is 0.289. The molecule has 0 amide bonds. The smallest absolute Gasteiger partial charge is 0.0142 e. The third-order valence-electron chi connectivity index (χ3n) is 3.06. The highest BCUT2D eigenvalue weighted by Gasteiger charge is 2.29. The lowest BCUT2D eigenvalue weighted by atomic mass is 9.68. The van der Waals surface area contributed by atoms with Gasteiger partial charge in [0, 0.05) is 0 Å². The molecule has 1 saturated carbocycles. The number of hydrogen-bond donors (Lipinski definition) is 0. The molecule has 0 nitrogen and oxygen atoms in total. The van der Waals surface area contributed by atoms with Gasteiger partial charge in [-0.25, -0.2) is 0 Å². The summed E-state index contributed by atoms with van der Waals surface area (Å²) in [7, 11) is 0. The highest BCUT2D eigenvalue weighted by Crippen LogP contribution is 2.42. The Morgan fingerprint density at radius 3 is 2.45 bits per heavy atom. The summed E-state index contributed by atoms with van der Waals surface area (Å²) < 4.78 is 0. The van der Waals surface area contributed by atoms with Crippen LogP contribution in [0.5, 0.6) is 0 Å². The molecule has 1 unspecified atom stereocenters. The average molecular weight is 152 g/mol. The number of hydrogen-bond acceptors (Lipinski definition) is 0. The van der Waals surface area contributed by atoms with Crippen LogP contribution >= 0.6 is 0 Å². The molecule has 0 aromatic heterocycles. The highest BCUT2D eigenvalue weighted by atomic mass is 14.3. The molecule has 1 rings (SSSR count). The zero-order valence-corrected chi connectivity index (χ0v) is 8.28. The highest BCUT2D eigenvalue weighted by molar-refractivity contribution is 5.16. The van der Waals surface area contributed by atoms with E-state index in [-0.39, 0.29) is 0 Å². The monoisotopic (exact) mass is 152 g/mol. The van der Waals surface area contributed by atoms with Crippen molar-refractivity contribution in [2.75, 3.05) is 0 Å². The molecular formula is C11H20.